The number of aliphatic hydroxyl groups is 1. The molecule has 0 bridgehead atoms. The molecule has 84 heavy (non-hydrogen) atoms. The average Bonchev–Trinajstić information content (AvgIpc) is 1.23. The summed E-state index contributed by atoms with van der Waals surface area (Å²) in [6.07, 6.45) is 10.7. The molecular formula is C61H93N9O14. The Morgan fingerprint density at radius 1 is 0.690 bits per heavy atom. The smallest absolute Gasteiger partial charge is 0.328 e. The monoisotopic (exact) mass is 1180 g/mol. The summed E-state index contributed by atoms with van der Waals surface area (Å²) in [7, 11) is 1.26. The number of esters is 1. The summed E-state index contributed by atoms with van der Waals surface area (Å²) < 4.78 is 29.0. The summed E-state index contributed by atoms with van der Waals surface area (Å²) >= 11 is 0. The van der Waals surface area contributed by atoms with Gasteiger partial charge in [-0.3, -0.25) is 38.8 Å². The van der Waals surface area contributed by atoms with Crippen molar-refractivity contribution in [2.75, 3.05) is 46.6 Å². The SMILES string of the molecule is CCCCC[C@@H](NC(=O)[C@@H](CCCN=C(N)N)CC(=O)CCCOc1cc2oc3cc(OCCCC(=O)C[C@@H](CCCN=C(N)N)C(=O)N[C@H](CCCCN)COC=O)c(CO)c(CC=C(C)C)c3c(=O)c2c(O)c1CC=C(C)C)C(=O)OC. The van der Waals surface area contributed by atoms with Gasteiger partial charge in [-0.1, -0.05) is 55.9 Å². The molecule has 466 valence electrons. The Bertz CT molecular complexity index is 2830. The van der Waals surface area contributed by atoms with Crippen LogP contribution < -0.4 is 54.2 Å². The molecule has 3 aromatic rings. The second-order valence-corrected chi connectivity index (χ2v) is 21.5. The molecular weight excluding hydrogens is 1080 g/mol. The van der Waals surface area contributed by atoms with Crippen LogP contribution in [-0.4, -0.2) is 117 Å². The third-order valence-electron chi connectivity index (χ3n) is 14.1. The fourth-order valence-corrected chi connectivity index (χ4v) is 9.61. The number of ether oxygens (including phenoxy) is 4. The van der Waals surface area contributed by atoms with Gasteiger partial charge in [-0.05, 0) is 110 Å². The van der Waals surface area contributed by atoms with E-state index in [2.05, 4.69) is 20.6 Å². The van der Waals surface area contributed by atoms with Gasteiger partial charge < -0.3 is 72.9 Å². The number of carbonyl (C=O) groups is 6. The van der Waals surface area contributed by atoms with Crippen molar-refractivity contribution in [2.24, 2.45) is 50.5 Å². The number of phenols is 1. The summed E-state index contributed by atoms with van der Waals surface area (Å²) in [5.74, 6) is -3.44. The first-order valence-corrected chi connectivity index (χ1v) is 29.2. The number of hydrogen-bond donors (Lipinski definition) is 9. The number of carbonyl (C=O) groups excluding carboxylic acids is 6. The van der Waals surface area contributed by atoms with Crippen molar-refractivity contribution < 1.29 is 62.3 Å². The highest BCUT2D eigenvalue weighted by Gasteiger charge is 2.29. The first-order chi connectivity index (χ1) is 40.2. The van der Waals surface area contributed by atoms with Gasteiger partial charge in [0.15, 0.2) is 11.9 Å². The van der Waals surface area contributed by atoms with Gasteiger partial charge in [0.1, 0.15) is 58.0 Å². The Labute approximate surface area is 493 Å². The van der Waals surface area contributed by atoms with Crippen LogP contribution >= 0.6 is 0 Å². The lowest BCUT2D eigenvalue weighted by Gasteiger charge is -2.22. The Hall–Kier alpha value is -7.53. The Balaban J connectivity index is 1.94. The van der Waals surface area contributed by atoms with E-state index >= 15 is 0 Å². The van der Waals surface area contributed by atoms with Crippen LogP contribution in [0.1, 0.15) is 160 Å². The molecule has 1 heterocycles. The van der Waals surface area contributed by atoms with Gasteiger partial charge in [0.25, 0.3) is 6.47 Å². The molecule has 4 atom stereocenters. The minimum Gasteiger partial charge on any atom is -0.507 e. The average molecular weight is 1180 g/mol. The molecule has 0 aliphatic carbocycles. The quantitative estimate of drug-likeness (QED) is 0.00618. The standard InChI is InChI=1S/C61H93N9O14/c1-7-8-9-21-48(59(79)80-6)70-58(78)41(17-13-28-68-61(65)66)32-44(74)19-14-29-82-49-33-52-54(55(75)46(49)25-23-39(4)5)56(76)53-45(24-22-38(2)3)47(35-71)50(34-51(53)84-52)83-30-15-20-43(73)31-40(16-12-27-67-60(63)64)57(77)69-42(36-81-37-72)18-10-11-26-62/h22-23,33-34,37,40-42,48,71,75H,7-21,24-32,35-36,62H2,1-6H3,(H,69,77)(H,70,78)(H4,63,64,67)(H4,65,66,68)/t40-,41+,42-,48-/m1/s1. The van der Waals surface area contributed by atoms with E-state index in [1.807, 2.05) is 46.8 Å². The van der Waals surface area contributed by atoms with Gasteiger partial charge in [-0.25, -0.2) is 4.79 Å². The highest BCUT2D eigenvalue weighted by atomic mass is 16.5. The Morgan fingerprint density at radius 2 is 1.21 bits per heavy atom. The number of allylic oxidation sites excluding steroid dienone is 4. The first kappa shape index (κ1) is 70.7. The van der Waals surface area contributed by atoms with Gasteiger partial charge in [0.2, 0.25) is 17.2 Å². The van der Waals surface area contributed by atoms with Gasteiger partial charge >= 0.3 is 5.97 Å². The van der Waals surface area contributed by atoms with Crippen molar-refractivity contribution in [3.63, 3.8) is 0 Å². The number of phenolic OH excluding ortho intramolecular Hbond substituents is 1. The van der Waals surface area contributed by atoms with Crippen LogP contribution in [-0.2, 0) is 57.7 Å². The van der Waals surface area contributed by atoms with Crippen molar-refractivity contribution >= 4 is 69.7 Å². The predicted molar refractivity (Wildman–Crippen MR) is 324 cm³/mol. The van der Waals surface area contributed by atoms with Crippen LogP contribution in [0.5, 0.6) is 17.2 Å². The summed E-state index contributed by atoms with van der Waals surface area (Å²) in [4.78, 5) is 101. The number of aromatic hydroxyl groups is 1. The molecule has 0 radical (unpaired) electrons. The van der Waals surface area contributed by atoms with E-state index in [-0.39, 0.29) is 159 Å². The van der Waals surface area contributed by atoms with Crippen LogP contribution in [0.4, 0.5) is 0 Å². The van der Waals surface area contributed by atoms with Gasteiger partial charge in [-0.15, -0.1) is 0 Å². The van der Waals surface area contributed by atoms with E-state index in [9.17, 15) is 43.8 Å². The van der Waals surface area contributed by atoms with Crippen molar-refractivity contribution in [3.8, 4) is 17.2 Å². The number of Topliss-reactive ketones (excluding diaryl/α,β-unsaturated/α-hetero) is 2. The molecule has 0 fully saturated rings. The Kier molecular flexibility index (Phi) is 32.3. The first-order valence-electron chi connectivity index (χ1n) is 29.2. The molecule has 0 spiro atoms. The number of nitrogens with one attached hydrogen (secondary N) is 2. The lowest BCUT2D eigenvalue weighted by Crippen LogP contribution is -2.44. The van der Waals surface area contributed by atoms with Gasteiger partial charge in [-0.2, -0.15) is 0 Å². The van der Waals surface area contributed by atoms with Crippen molar-refractivity contribution in [1.29, 1.82) is 0 Å². The number of hydrogen-bond acceptors (Lipinski definition) is 17. The number of benzene rings is 2. The number of aliphatic hydroxyl groups excluding tert-OH is 1. The number of unbranched alkanes of at least 4 members (excludes halogenated alkanes) is 3. The maximum absolute atomic E-state index is 14.8. The highest BCUT2D eigenvalue weighted by Crippen LogP contribution is 2.40. The van der Waals surface area contributed by atoms with Crippen LogP contribution in [0.15, 0.2) is 54.6 Å². The fourth-order valence-electron chi connectivity index (χ4n) is 9.61. The van der Waals surface area contributed by atoms with E-state index in [1.165, 1.54) is 19.2 Å². The number of methoxy groups -OCH3 is 1. The number of nitrogens with two attached hydrogens (primary N) is 5. The Morgan fingerprint density at radius 3 is 1.71 bits per heavy atom. The van der Waals surface area contributed by atoms with Crippen LogP contribution in [0.25, 0.3) is 21.9 Å². The fraction of sp³-hybridized carbons (Fsp3) is 0.590. The van der Waals surface area contributed by atoms with Crippen LogP contribution in [0, 0.1) is 11.8 Å². The molecule has 2 aromatic carbocycles. The molecule has 0 saturated carbocycles. The molecule has 14 N–H and O–H groups in total. The summed E-state index contributed by atoms with van der Waals surface area (Å²) in [6, 6.07) is 1.69. The summed E-state index contributed by atoms with van der Waals surface area (Å²) in [5.41, 5.74) is 30.2. The summed E-state index contributed by atoms with van der Waals surface area (Å²) in [6.45, 7) is 10.3. The normalized spacial score (nSPS) is 12.5. The minimum atomic E-state index is -0.864. The largest absolute Gasteiger partial charge is 0.507 e. The third-order valence-corrected chi connectivity index (χ3v) is 14.1. The van der Waals surface area contributed by atoms with Crippen molar-refractivity contribution in [3.05, 3.63) is 62.3 Å². The van der Waals surface area contributed by atoms with Gasteiger partial charge in [0.05, 0.1) is 38.4 Å². The van der Waals surface area contributed by atoms with Crippen LogP contribution in [0.2, 0.25) is 0 Å². The molecule has 0 unspecified atom stereocenters. The highest BCUT2D eigenvalue weighted by molar-refractivity contribution is 5.97. The van der Waals surface area contributed by atoms with Crippen molar-refractivity contribution in [1.82, 2.24) is 10.6 Å². The van der Waals surface area contributed by atoms with E-state index in [0.29, 0.717) is 81.1 Å². The molecule has 1 aromatic heterocycles. The molecule has 23 heteroatoms. The number of guanidine groups is 2. The molecule has 2 amide bonds. The second-order valence-electron chi connectivity index (χ2n) is 21.5. The lowest BCUT2D eigenvalue weighted by molar-refractivity contribution is -0.146. The predicted octanol–water partition coefficient (Wildman–Crippen LogP) is 5.76. The number of fused-ring (bicyclic) bond motifs is 2. The lowest BCUT2D eigenvalue weighted by atomic mass is 9.93. The molecule has 0 aliphatic rings. The number of nitrogens with zero attached hydrogens (tertiary/aromatic N) is 2. The summed E-state index contributed by atoms with van der Waals surface area (Å²) in [5, 5.41) is 28.7. The van der Waals surface area contributed by atoms with E-state index in [1.54, 1.807) is 0 Å². The number of ketones is 2. The van der Waals surface area contributed by atoms with E-state index in [0.717, 1.165) is 24.0 Å². The second kappa shape index (κ2) is 38.3. The molecule has 23 nitrogen and oxygen atoms in total. The van der Waals surface area contributed by atoms with Crippen LogP contribution in [0.3, 0.4) is 0 Å². The maximum Gasteiger partial charge on any atom is 0.328 e. The maximum atomic E-state index is 14.8. The number of rotatable bonds is 43. The van der Waals surface area contributed by atoms with Crippen molar-refractivity contribution in [2.45, 2.75) is 175 Å². The number of aliphatic imine (C=N–C) groups is 2. The molecule has 0 saturated heterocycles. The minimum absolute atomic E-state index is 0.00283. The zero-order valence-corrected chi connectivity index (χ0v) is 50.2. The molecule has 3 rings (SSSR count). The van der Waals surface area contributed by atoms with E-state index < -0.39 is 47.8 Å². The molecule has 0 aliphatic heterocycles. The third kappa shape index (κ3) is 24.4. The zero-order valence-electron chi connectivity index (χ0n) is 50.2. The van der Waals surface area contributed by atoms with E-state index in [4.69, 9.17) is 52.0 Å². The topological polar surface area (TPSA) is 389 Å². The zero-order chi connectivity index (χ0) is 62.1. The van der Waals surface area contributed by atoms with Gasteiger partial charge in [0, 0.05) is 73.9 Å². The number of amides is 2.